The van der Waals surface area contributed by atoms with Gasteiger partial charge in [-0.2, -0.15) is 0 Å². The van der Waals surface area contributed by atoms with Crippen molar-refractivity contribution >= 4 is 29.2 Å². The highest BCUT2D eigenvalue weighted by molar-refractivity contribution is 6.31. The fraction of sp³-hybridized carbons (Fsp3) is 0.579. The Morgan fingerprint density at radius 1 is 1.28 bits per heavy atom. The third kappa shape index (κ3) is 7.45. The fourth-order valence-corrected chi connectivity index (χ4v) is 2.80. The minimum absolute atomic E-state index is 0.120. The SMILES string of the molecule is CCCC[C@@H](CC)CN[C@@H](CC(=O)Nc1cccc(Cl)c1C)C(=O)O. The van der Waals surface area contributed by atoms with E-state index in [9.17, 15) is 14.7 Å². The lowest BCUT2D eigenvalue weighted by Gasteiger charge is -2.20. The molecule has 0 aliphatic rings. The molecule has 0 saturated heterocycles. The van der Waals surface area contributed by atoms with Crippen molar-refractivity contribution in [2.75, 3.05) is 11.9 Å². The minimum Gasteiger partial charge on any atom is -0.480 e. The van der Waals surface area contributed by atoms with Crippen molar-refractivity contribution in [3.05, 3.63) is 28.8 Å². The molecule has 0 fully saturated rings. The molecule has 0 saturated carbocycles. The van der Waals surface area contributed by atoms with Gasteiger partial charge in [0.25, 0.3) is 0 Å². The maximum absolute atomic E-state index is 12.2. The number of halogens is 1. The number of benzene rings is 1. The third-order valence-electron chi connectivity index (χ3n) is 4.43. The van der Waals surface area contributed by atoms with Crippen LogP contribution in [-0.2, 0) is 9.59 Å². The summed E-state index contributed by atoms with van der Waals surface area (Å²) in [7, 11) is 0. The number of carbonyl (C=O) groups is 2. The maximum Gasteiger partial charge on any atom is 0.321 e. The van der Waals surface area contributed by atoms with Gasteiger partial charge in [-0.15, -0.1) is 0 Å². The molecule has 0 aromatic heterocycles. The highest BCUT2D eigenvalue weighted by Gasteiger charge is 2.22. The first kappa shape index (κ1) is 21.5. The van der Waals surface area contributed by atoms with E-state index in [2.05, 4.69) is 24.5 Å². The van der Waals surface area contributed by atoms with E-state index in [1.54, 1.807) is 18.2 Å². The van der Waals surface area contributed by atoms with Crippen molar-refractivity contribution in [1.29, 1.82) is 0 Å². The molecular weight excluding hydrogens is 340 g/mol. The van der Waals surface area contributed by atoms with Crippen LogP contribution in [0, 0.1) is 12.8 Å². The van der Waals surface area contributed by atoms with Crippen LogP contribution >= 0.6 is 11.6 Å². The van der Waals surface area contributed by atoms with E-state index in [0.29, 0.717) is 23.2 Å². The van der Waals surface area contributed by atoms with Gasteiger partial charge in [0.05, 0.1) is 6.42 Å². The van der Waals surface area contributed by atoms with Gasteiger partial charge in [-0.1, -0.05) is 50.8 Å². The molecule has 6 heteroatoms. The molecule has 1 rings (SSSR count). The zero-order valence-electron chi connectivity index (χ0n) is 15.3. The monoisotopic (exact) mass is 368 g/mol. The Hall–Kier alpha value is -1.59. The predicted octanol–water partition coefficient (Wildman–Crippen LogP) is 4.24. The first-order valence-electron chi connectivity index (χ1n) is 8.90. The molecule has 140 valence electrons. The molecule has 1 aromatic carbocycles. The summed E-state index contributed by atoms with van der Waals surface area (Å²) in [6, 6.07) is 4.35. The molecule has 0 unspecified atom stereocenters. The van der Waals surface area contributed by atoms with Gasteiger partial charge >= 0.3 is 5.97 Å². The molecule has 2 atom stereocenters. The summed E-state index contributed by atoms with van der Waals surface area (Å²) in [6.45, 7) is 6.66. The predicted molar refractivity (Wildman–Crippen MR) is 102 cm³/mol. The highest BCUT2D eigenvalue weighted by Crippen LogP contribution is 2.23. The Morgan fingerprint density at radius 3 is 2.60 bits per heavy atom. The normalized spacial score (nSPS) is 13.3. The molecule has 25 heavy (non-hydrogen) atoms. The fourth-order valence-electron chi connectivity index (χ4n) is 2.63. The van der Waals surface area contributed by atoms with Crippen molar-refractivity contribution in [3.8, 4) is 0 Å². The van der Waals surface area contributed by atoms with Crippen molar-refractivity contribution < 1.29 is 14.7 Å². The van der Waals surface area contributed by atoms with Gasteiger partial charge in [0.1, 0.15) is 6.04 Å². The Balaban J connectivity index is 2.60. The van der Waals surface area contributed by atoms with Crippen molar-refractivity contribution in [1.82, 2.24) is 5.32 Å². The molecule has 0 bridgehead atoms. The summed E-state index contributed by atoms with van der Waals surface area (Å²) in [5.41, 5.74) is 1.37. The Kier molecular flexibility index (Phi) is 9.53. The third-order valence-corrected chi connectivity index (χ3v) is 4.84. The van der Waals surface area contributed by atoms with Gasteiger partial charge in [0.15, 0.2) is 0 Å². The van der Waals surface area contributed by atoms with Gasteiger partial charge in [-0.3, -0.25) is 9.59 Å². The molecular formula is C19H29ClN2O3. The van der Waals surface area contributed by atoms with Gasteiger partial charge in [0.2, 0.25) is 5.91 Å². The zero-order chi connectivity index (χ0) is 18.8. The van der Waals surface area contributed by atoms with Gasteiger partial charge in [-0.25, -0.2) is 0 Å². The smallest absolute Gasteiger partial charge is 0.321 e. The van der Waals surface area contributed by atoms with Gasteiger partial charge in [-0.05, 0) is 43.5 Å². The van der Waals surface area contributed by atoms with E-state index in [1.165, 1.54) is 0 Å². The Morgan fingerprint density at radius 2 is 2.00 bits per heavy atom. The zero-order valence-corrected chi connectivity index (χ0v) is 16.0. The second kappa shape index (κ2) is 11.1. The van der Waals surface area contributed by atoms with Gasteiger partial charge in [0, 0.05) is 10.7 Å². The number of carboxylic acids is 1. The number of carboxylic acid groups (broad SMARTS) is 1. The summed E-state index contributed by atoms with van der Waals surface area (Å²) >= 11 is 6.04. The summed E-state index contributed by atoms with van der Waals surface area (Å²) in [4.78, 5) is 23.7. The molecule has 3 N–H and O–H groups in total. The molecule has 0 spiro atoms. The lowest BCUT2D eigenvalue weighted by molar-refractivity contribution is -0.141. The molecule has 0 radical (unpaired) electrons. The van der Waals surface area contributed by atoms with E-state index < -0.39 is 12.0 Å². The molecule has 1 aromatic rings. The second-order valence-electron chi connectivity index (χ2n) is 6.38. The summed E-state index contributed by atoms with van der Waals surface area (Å²) in [6.07, 6.45) is 4.20. The Labute approximate surface area is 155 Å². The second-order valence-corrected chi connectivity index (χ2v) is 6.79. The number of hydrogen-bond donors (Lipinski definition) is 3. The summed E-state index contributed by atoms with van der Waals surface area (Å²) in [5, 5.41) is 15.7. The van der Waals surface area contributed by atoms with Crippen molar-refractivity contribution in [2.24, 2.45) is 5.92 Å². The van der Waals surface area contributed by atoms with Crippen LogP contribution in [0.5, 0.6) is 0 Å². The molecule has 0 aliphatic heterocycles. The van der Waals surface area contributed by atoms with Crippen LogP contribution in [0.4, 0.5) is 5.69 Å². The molecule has 0 aliphatic carbocycles. The van der Waals surface area contributed by atoms with Crippen LogP contribution in [-0.4, -0.2) is 29.6 Å². The van der Waals surface area contributed by atoms with Crippen LogP contribution < -0.4 is 10.6 Å². The average molecular weight is 369 g/mol. The minimum atomic E-state index is -1.01. The standard InChI is InChI=1S/C19H29ClN2O3/c1-4-6-8-14(5-2)12-21-17(19(24)25)11-18(23)22-16-10-7-9-15(20)13(16)3/h7,9-10,14,17,21H,4-6,8,11-12H2,1-3H3,(H,22,23)(H,24,25)/t14-,17+/m1/s1. The number of anilines is 1. The molecule has 1 amide bonds. The average Bonchev–Trinajstić information content (AvgIpc) is 2.57. The quantitative estimate of drug-likeness (QED) is 0.546. The van der Waals surface area contributed by atoms with Crippen LogP contribution in [0.3, 0.4) is 0 Å². The highest BCUT2D eigenvalue weighted by atomic mass is 35.5. The number of nitrogens with one attached hydrogen (secondary N) is 2. The van der Waals surface area contributed by atoms with E-state index in [4.69, 9.17) is 11.6 Å². The molecule has 0 heterocycles. The van der Waals surface area contributed by atoms with E-state index in [0.717, 1.165) is 31.2 Å². The van der Waals surface area contributed by atoms with Crippen LogP contribution in [0.1, 0.15) is 51.5 Å². The molecule has 5 nitrogen and oxygen atoms in total. The van der Waals surface area contributed by atoms with Crippen LogP contribution in [0.15, 0.2) is 18.2 Å². The maximum atomic E-state index is 12.2. The van der Waals surface area contributed by atoms with E-state index in [1.807, 2.05) is 6.92 Å². The number of unbranched alkanes of at least 4 members (excludes halogenated alkanes) is 1. The number of amides is 1. The number of aliphatic carboxylic acids is 1. The largest absolute Gasteiger partial charge is 0.480 e. The van der Waals surface area contributed by atoms with Crippen molar-refractivity contribution in [3.63, 3.8) is 0 Å². The first-order valence-corrected chi connectivity index (χ1v) is 9.27. The lowest BCUT2D eigenvalue weighted by atomic mass is 9.99. The van der Waals surface area contributed by atoms with Crippen molar-refractivity contribution in [2.45, 2.75) is 58.9 Å². The summed E-state index contributed by atoms with van der Waals surface area (Å²) in [5.74, 6) is -0.921. The number of rotatable bonds is 11. The van der Waals surface area contributed by atoms with E-state index in [-0.39, 0.29) is 12.3 Å². The lowest BCUT2D eigenvalue weighted by Crippen LogP contribution is -2.42. The summed E-state index contributed by atoms with van der Waals surface area (Å²) < 4.78 is 0. The number of carbonyl (C=O) groups excluding carboxylic acids is 1. The van der Waals surface area contributed by atoms with E-state index >= 15 is 0 Å². The number of hydrogen-bond acceptors (Lipinski definition) is 3. The topological polar surface area (TPSA) is 78.4 Å². The van der Waals surface area contributed by atoms with Crippen LogP contribution in [0.2, 0.25) is 5.02 Å². The first-order chi connectivity index (χ1) is 11.9. The van der Waals surface area contributed by atoms with Gasteiger partial charge < -0.3 is 15.7 Å². The Bertz CT molecular complexity index is 578. The van der Waals surface area contributed by atoms with Crippen LogP contribution in [0.25, 0.3) is 0 Å².